The summed E-state index contributed by atoms with van der Waals surface area (Å²) >= 11 is 6.02. The molecule has 0 unspecified atom stereocenters. The van der Waals surface area contributed by atoms with Crippen LogP contribution in [0, 0.1) is 17.5 Å². The number of anilines is 1. The van der Waals surface area contributed by atoms with Gasteiger partial charge in [-0.15, -0.1) is 0 Å². The SMILES string of the molecule is O=C(Nc1ccn(Cc2c(F)cccc2Cl)n1)c1ccn(COc2ccc(F)cc2F)n1. The molecule has 0 aliphatic carbocycles. The van der Waals surface area contributed by atoms with E-state index in [-0.39, 0.29) is 41.1 Å². The molecule has 0 radical (unpaired) electrons. The predicted octanol–water partition coefficient (Wildman–Crippen LogP) is 4.49. The molecule has 0 saturated heterocycles. The number of nitrogens with zero attached hydrogens (tertiary/aromatic N) is 4. The van der Waals surface area contributed by atoms with Gasteiger partial charge >= 0.3 is 0 Å². The zero-order valence-electron chi connectivity index (χ0n) is 16.3. The Hall–Kier alpha value is -3.79. The van der Waals surface area contributed by atoms with Crippen molar-refractivity contribution in [3.05, 3.63) is 94.7 Å². The smallest absolute Gasteiger partial charge is 0.277 e. The van der Waals surface area contributed by atoms with Crippen molar-refractivity contribution in [2.24, 2.45) is 0 Å². The lowest BCUT2D eigenvalue weighted by Gasteiger charge is -2.07. The second-order valence-electron chi connectivity index (χ2n) is 6.64. The van der Waals surface area contributed by atoms with E-state index in [4.69, 9.17) is 16.3 Å². The van der Waals surface area contributed by atoms with Crippen LogP contribution in [0.15, 0.2) is 60.9 Å². The number of amides is 1. The third-order valence-corrected chi connectivity index (χ3v) is 4.74. The number of carbonyl (C=O) groups excluding carboxylic acids is 1. The Balaban J connectivity index is 1.36. The highest BCUT2D eigenvalue weighted by atomic mass is 35.5. The first-order valence-corrected chi connectivity index (χ1v) is 9.66. The Morgan fingerprint density at radius 3 is 2.59 bits per heavy atom. The molecule has 32 heavy (non-hydrogen) atoms. The molecule has 1 amide bonds. The highest BCUT2D eigenvalue weighted by Gasteiger charge is 2.13. The number of hydrogen-bond donors (Lipinski definition) is 1. The normalized spacial score (nSPS) is 10.9. The molecule has 0 saturated carbocycles. The molecule has 2 aromatic carbocycles. The maximum absolute atomic E-state index is 13.9. The van der Waals surface area contributed by atoms with Gasteiger partial charge in [0, 0.05) is 35.1 Å². The highest BCUT2D eigenvalue weighted by Crippen LogP contribution is 2.20. The van der Waals surface area contributed by atoms with Crippen LogP contribution in [-0.2, 0) is 13.3 Å². The average molecular weight is 462 g/mol. The standard InChI is InChI=1S/C21H15ClF3N5O2/c22-15-2-1-3-16(24)14(15)11-29-9-7-20(28-29)26-21(31)18-6-8-30(27-18)12-32-19-5-4-13(23)10-17(19)25/h1-10H,11-12H2,(H,26,28,31). The predicted molar refractivity (Wildman–Crippen MR) is 110 cm³/mol. The van der Waals surface area contributed by atoms with Gasteiger partial charge in [-0.25, -0.2) is 17.9 Å². The molecule has 0 atom stereocenters. The van der Waals surface area contributed by atoms with E-state index >= 15 is 0 Å². The van der Waals surface area contributed by atoms with Crippen LogP contribution in [0.3, 0.4) is 0 Å². The molecule has 0 fully saturated rings. The molecule has 0 bridgehead atoms. The van der Waals surface area contributed by atoms with E-state index < -0.39 is 23.4 Å². The number of nitrogens with one attached hydrogen (secondary N) is 1. The fourth-order valence-electron chi connectivity index (χ4n) is 2.82. The largest absolute Gasteiger partial charge is 0.468 e. The first-order valence-electron chi connectivity index (χ1n) is 9.28. The Labute approximate surface area is 185 Å². The fourth-order valence-corrected chi connectivity index (χ4v) is 3.05. The second-order valence-corrected chi connectivity index (χ2v) is 7.05. The summed E-state index contributed by atoms with van der Waals surface area (Å²) < 4.78 is 48.4. The molecule has 0 aliphatic rings. The Bertz CT molecular complexity index is 1250. The van der Waals surface area contributed by atoms with Crippen LogP contribution in [0.5, 0.6) is 5.75 Å². The van der Waals surface area contributed by atoms with Crippen molar-refractivity contribution in [1.82, 2.24) is 19.6 Å². The van der Waals surface area contributed by atoms with Crippen LogP contribution in [0.1, 0.15) is 16.1 Å². The first-order chi connectivity index (χ1) is 15.4. The van der Waals surface area contributed by atoms with E-state index in [0.717, 1.165) is 12.1 Å². The number of aromatic nitrogens is 4. The quantitative estimate of drug-likeness (QED) is 0.440. The summed E-state index contributed by atoms with van der Waals surface area (Å²) in [7, 11) is 0. The van der Waals surface area contributed by atoms with Gasteiger partial charge in [-0.3, -0.25) is 9.48 Å². The minimum atomic E-state index is -0.845. The minimum Gasteiger partial charge on any atom is -0.468 e. The molecule has 7 nitrogen and oxygen atoms in total. The summed E-state index contributed by atoms with van der Waals surface area (Å²) in [6.07, 6.45) is 3.04. The maximum Gasteiger partial charge on any atom is 0.277 e. The molecule has 11 heteroatoms. The number of ether oxygens (including phenoxy) is 1. The van der Waals surface area contributed by atoms with Crippen LogP contribution in [0.25, 0.3) is 0 Å². The van der Waals surface area contributed by atoms with Gasteiger partial charge in [-0.1, -0.05) is 17.7 Å². The molecule has 2 heterocycles. The van der Waals surface area contributed by atoms with E-state index in [9.17, 15) is 18.0 Å². The summed E-state index contributed by atoms with van der Waals surface area (Å²) in [6, 6.07) is 10.3. The van der Waals surface area contributed by atoms with Gasteiger partial charge in [-0.05, 0) is 30.3 Å². The van der Waals surface area contributed by atoms with Crippen LogP contribution >= 0.6 is 11.6 Å². The lowest BCUT2D eigenvalue weighted by Crippen LogP contribution is -2.15. The number of benzene rings is 2. The molecule has 1 N–H and O–H groups in total. The summed E-state index contributed by atoms with van der Waals surface area (Å²) in [4.78, 5) is 12.4. The molecule has 2 aromatic heterocycles. The Kier molecular flexibility index (Phi) is 6.13. The molecular formula is C21H15ClF3N5O2. The lowest BCUT2D eigenvalue weighted by atomic mass is 10.2. The third-order valence-electron chi connectivity index (χ3n) is 4.38. The highest BCUT2D eigenvalue weighted by molar-refractivity contribution is 6.31. The molecular weight excluding hydrogens is 447 g/mol. The second kappa shape index (κ2) is 9.15. The van der Waals surface area contributed by atoms with Crippen molar-refractivity contribution in [2.45, 2.75) is 13.3 Å². The third kappa shape index (κ3) is 4.92. The van der Waals surface area contributed by atoms with Crippen LogP contribution in [0.2, 0.25) is 5.02 Å². The van der Waals surface area contributed by atoms with Gasteiger partial charge < -0.3 is 10.1 Å². The summed E-state index contributed by atoms with van der Waals surface area (Å²) in [5, 5.41) is 11.1. The fraction of sp³-hybridized carbons (Fsp3) is 0.0952. The number of hydrogen-bond acceptors (Lipinski definition) is 4. The van der Waals surface area contributed by atoms with Crippen LogP contribution in [0.4, 0.5) is 19.0 Å². The van der Waals surface area contributed by atoms with E-state index in [1.54, 1.807) is 18.3 Å². The summed E-state index contributed by atoms with van der Waals surface area (Å²) in [5.41, 5.74) is 0.353. The molecule has 0 aliphatic heterocycles. The Morgan fingerprint density at radius 2 is 1.81 bits per heavy atom. The van der Waals surface area contributed by atoms with E-state index in [0.29, 0.717) is 6.07 Å². The van der Waals surface area contributed by atoms with Crippen LogP contribution < -0.4 is 10.1 Å². The van der Waals surface area contributed by atoms with Gasteiger partial charge in [0.1, 0.15) is 11.6 Å². The van der Waals surface area contributed by atoms with Gasteiger partial charge in [0.05, 0.1) is 6.54 Å². The zero-order chi connectivity index (χ0) is 22.7. The zero-order valence-corrected chi connectivity index (χ0v) is 17.1. The molecule has 4 aromatic rings. The van der Waals surface area contributed by atoms with Crippen molar-refractivity contribution in [2.75, 3.05) is 5.32 Å². The first kappa shape index (κ1) is 21.4. The van der Waals surface area contributed by atoms with E-state index in [1.165, 1.54) is 33.8 Å². The van der Waals surface area contributed by atoms with Gasteiger partial charge in [0.25, 0.3) is 5.91 Å². The van der Waals surface area contributed by atoms with Crippen molar-refractivity contribution < 1.29 is 22.7 Å². The van der Waals surface area contributed by atoms with Crippen molar-refractivity contribution in [1.29, 1.82) is 0 Å². The number of rotatable bonds is 7. The van der Waals surface area contributed by atoms with Crippen molar-refractivity contribution >= 4 is 23.3 Å². The number of carbonyl (C=O) groups is 1. The van der Waals surface area contributed by atoms with Crippen molar-refractivity contribution in [3.8, 4) is 5.75 Å². The maximum atomic E-state index is 13.9. The van der Waals surface area contributed by atoms with Gasteiger partial charge in [0.2, 0.25) is 0 Å². The lowest BCUT2D eigenvalue weighted by molar-refractivity contribution is 0.101. The summed E-state index contributed by atoms with van der Waals surface area (Å²) in [5.74, 6) is -2.46. The van der Waals surface area contributed by atoms with Gasteiger partial charge in [-0.2, -0.15) is 10.2 Å². The van der Waals surface area contributed by atoms with Gasteiger partial charge in [0.15, 0.2) is 29.8 Å². The van der Waals surface area contributed by atoms with Crippen LogP contribution in [-0.4, -0.2) is 25.5 Å². The molecule has 164 valence electrons. The van der Waals surface area contributed by atoms with E-state index in [2.05, 4.69) is 15.5 Å². The minimum absolute atomic E-state index is 0.0693. The average Bonchev–Trinajstić information content (AvgIpc) is 3.40. The monoisotopic (exact) mass is 461 g/mol. The molecule has 4 rings (SSSR count). The topological polar surface area (TPSA) is 74.0 Å². The van der Waals surface area contributed by atoms with Crippen molar-refractivity contribution in [3.63, 3.8) is 0 Å². The number of halogens is 4. The Morgan fingerprint density at radius 1 is 1.00 bits per heavy atom. The molecule has 0 spiro atoms. The van der Waals surface area contributed by atoms with E-state index in [1.807, 2.05) is 0 Å². The summed E-state index contributed by atoms with van der Waals surface area (Å²) in [6.45, 7) is -0.0961.